The molecule has 3 rings (SSSR count). The van der Waals surface area contributed by atoms with Crippen molar-refractivity contribution in [2.75, 3.05) is 11.3 Å². The summed E-state index contributed by atoms with van der Waals surface area (Å²) in [5.41, 5.74) is 1.44. The number of aromatic amines is 1. The molecule has 3 N–H and O–H groups in total. The molecule has 2 aromatic rings. The van der Waals surface area contributed by atoms with Crippen molar-refractivity contribution in [3.63, 3.8) is 0 Å². The maximum Gasteiger partial charge on any atom is 0.263 e. The average molecular weight is 309 g/mol. The van der Waals surface area contributed by atoms with Gasteiger partial charge in [0.05, 0.1) is 11.9 Å². The Kier molecular flexibility index (Phi) is 3.73. The lowest BCUT2D eigenvalue weighted by molar-refractivity contribution is 0.600. The van der Waals surface area contributed by atoms with Crippen LogP contribution in [0.4, 0.5) is 5.69 Å². The minimum atomic E-state index is -3.57. The minimum absolute atomic E-state index is 0.295. The number of rotatable bonds is 7. The van der Waals surface area contributed by atoms with E-state index in [0.29, 0.717) is 23.2 Å². The van der Waals surface area contributed by atoms with Crippen molar-refractivity contribution < 1.29 is 8.42 Å². The topological polar surface area (TPSA) is 91.8 Å². The molecule has 1 fully saturated rings. The van der Waals surface area contributed by atoms with Gasteiger partial charge < -0.3 is 9.88 Å². The van der Waals surface area contributed by atoms with Crippen molar-refractivity contribution >= 4 is 15.7 Å². The average Bonchev–Trinajstić information content (AvgIpc) is 2.99. The number of H-pyrrole nitrogens is 1. The molecule has 114 valence electrons. The fraction of sp³-hybridized carbons (Fsp3) is 0.462. The van der Waals surface area contributed by atoms with Crippen LogP contribution in [0, 0.1) is 0 Å². The van der Waals surface area contributed by atoms with Crippen molar-refractivity contribution in [1.29, 1.82) is 0 Å². The van der Waals surface area contributed by atoms with E-state index in [4.69, 9.17) is 0 Å². The Morgan fingerprint density at radius 2 is 2.29 bits per heavy atom. The van der Waals surface area contributed by atoms with Gasteiger partial charge in [-0.3, -0.25) is 9.82 Å². The van der Waals surface area contributed by atoms with Gasteiger partial charge in [-0.05, 0) is 25.5 Å². The molecule has 0 radical (unpaired) electrons. The van der Waals surface area contributed by atoms with Crippen LogP contribution in [0.15, 0.2) is 29.6 Å². The van der Waals surface area contributed by atoms with E-state index in [1.807, 2.05) is 6.92 Å². The predicted molar refractivity (Wildman–Crippen MR) is 79.5 cm³/mol. The summed E-state index contributed by atoms with van der Waals surface area (Å²) >= 11 is 0. The third-order valence-corrected chi connectivity index (χ3v) is 4.81. The second-order valence-corrected chi connectivity index (χ2v) is 6.86. The second-order valence-electron chi connectivity index (χ2n) is 5.18. The second kappa shape index (κ2) is 5.53. The fourth-order valence-electron chi connectivity index (χ4n) is 2.25. The van der Waals surface area contributed by atoms with Crippen LogP contribution in [0.25, 0.3) is 0 Å². The Hall–Kier alpha value is -1.80. The summed E-state index contributed by atoms with van der Waals surface area (Å²) < 4.78 is 29.4. The number of sulfonamides is 1. The van der Waals surface area contributed by atoms with Gasteiger partial charge in [0.25, 0.3) is 10.0 Å². The van der Waals surface area contributed by atoms with Crippen molar-refractivity contribution in [3.05, 3.63) is 30.4 Å². The molecule has 0 unspecified atom stereocenters. The van der Waals surface area contributed by atoms with E-state index in [2.05, 4.69) is 24.8 Å². The van der Waals surface area contributed by atoms with Gasteiger partial charge in [-0.1, -0.05) is 6.92 Å². The normalized spacial score (nSPS) is 15.3. The Morgan fingerprint density at radius 3 is 2.90 bits per heavy atom. The third kappa shape index (κ3) is 3.11. The largest absolute Gasteiger partial charge is 0.346 e. The summed E-state index contributed by atoms with van der Waals surface area (Å²) in [5.74, 6) is 0. The highest BCUT2D eigenvalue weighted by Crippen LogP contribution is 2.37. The minimum Gasteiger partial charge on any atom is -0.346 e. The summed E-state index contributed by atoms with van der Waals surface area (Å²) in [6.07, 6.45) is 6.90. The summed E-state index contributed by atoms with van der Waals surface area (Å²) in [6.45, 7) is 3.56. The van der Waals surface area contributed by atoms with Crippen molar-refractivity contribution in [2.24, 2.45) is 0 Å². The molecule has 7 nitrogen and oxygen atoms in total. The lowest BCUT2D eigenvalue weighted by Gasteiger charge is -2.07. The number of nitrogens with zero attached hydrogens (tertiary/aromatic N) is 2. The van der Waals surface area contributed by atoms with Gasteiger partial charge in [0.1, 0.15) is 4.90 Å². The lowest BCUT2D eigenvalue weighted by Crippen LogP contribution is -2.14. The van der Waals surface area contributed by atoms with Crippen LogP contribution in [0.2, 0.25) is 0 Å². The molecule has 1 aliphatic carbocycles. The van der Waals surface area contributed by atoms with E-state index in [1.54, 1.807) is 12.3 Å². The fourth-order valence-corrected chi connectivity index (χ4v) is 3.34. The van der Waals surface area contributed by atoms with E-state index in [-0.39, 0.29) is 0 Å². The molecule has 0 aromatic carbocycles. The Labute approximate surface area is 123 Å². The zero-order valence-corrected chi connectivity index (χ0v) is 12.7. The maximum atomic E-state index is 12.4. The molecule has 2 aromatic heterocycles. The van der Waals surface area contributed by atoms with Gasteiger partial charge in [-0.15, -0.1) is 0 Å². The van der Waals surface area contributed by atoms with E-state index in [1.165, 1.54) is 12.4 Å². The first-order valence-corrected chi connectivity index (χ1v) is 8.51. The Balaban J connectivity index is 1.87. The Morgan fingerprint density at radius 1 is 1.48 bits per heavy atom. The van der Waals surface area contributed by atoms with Crippen LogP contribution in [-0.2, 0) is 16.6 Å². The van der Waals surface area contributed by atoms with E-state index in [9.17, 15) is 8.42 Å². The highest BCUT2D eigenvalue weighted by Gasteiger charge is 2.28. The molecular formula is C13H19N5O2S. The maximum absolute atomic E-state index is 12.4. The number of hydrogen-bond donors (Lipinski definition) is 3. The lowest BCUT2D eigenvalue weighted by atomic mass is 10.4. The predicted octanol–water partition coefficient (Wildman–Crippen LogP) is 1.46. The molecule has 21 heavy (non-hydrogen) atoms. The quantitative estimate of drug-likeness (QED) is 0.722. The summed E-state index contributed by atoms with van der Waals surface area (Å²) in [7, 11) is -3.57. The van der Waals surface area contributed by atoms with Gasteiger partial charge in [-0.2, -0.15) is 5.10 Å². The number of aromatic nitrogens is 3. The highest BCUT2D eigenvalue weighted by molar-refractivity contribution is 7.92. The van der Waals surface area contributed by atoms with Gasteiger partial charge in [0.15, 0.2) is 0 Å². The smallest absolute Gasteiger partial charge is 0.263 e. The number of hydrogen-bond acceptors (Lipinski definition) is 4. The van der Waals surface area contributed by atoms with Crippen LogP contribution in [-0.4, -0.2) is 29.7 Å². The summed E-state index contributed by atoms with van der Waals surface area (Å²) in [5, 5.41) is 9.57. The zero-order chi connectivity index (χ0) is 14.9. The SMILES string of the molecule is CCNCc1cc(S(=O)(=O)Nc2cn[nH]c2)cn1C1CC1. The van der Waals surface area contributed by atoms with Gasteiger partial charge in [-0.25, -0.2) is 8.42 Å². The van der Waals surface area contributed by atoms with E-state index >= 15 is 0 Å². The van der Waals surface area contributed by atoms with Gasteiger partial charge in [0, 0.05) is 30.7 Å². The molecule has 0 saturated heterocycles. The first-order chi connectivity index (χ1) is 10.1. The molecular weight excluding hydrogens is 290 g/mol. The first-order valence-electron chi connectivity index (χ1n) is 7.03. The highest BCUT2D eigenvalue weighted by atomic mass is 32.2. The van der Waals surface area contributed by atoms with Gasteiger partial charge >= 0.3 is 0 Å². The standard InChI is InChI=1S/C13H19N5O2S/c1-2-14-8-12-5-13(9-18(12)11-3-4-11)21(19,20)17-10-6-15-16-7-10/h5-7,9,11,14,17H,2-4,8H2,1H3,(H,15,16). The van der Waals surface area contributed by atoms with Crippen molar-refractivity contribution in [3.8, 4) is 0 Å². The third-order valence-electron chi connectivity index (χ3n) is 3.46. The molecule has 0 spiro atoms. The molecule has 2 heterocycles. The molecule has 8 heteroatoms. The molecule has 1 saturated carbocycles. The Bertz CT molecular complexity index is 701. The molecule has 1 aliphatic rings. The van der Waals surface area contributed by atoms with E-state index in [0.717, 1.165) is 25.1 Å². The van der Waals surface area contributed by atoms with Crippen LogP contribution in [0.3, 0.4) is 0 Å². The summed E-state index contributed by atoms with van der Waals surface area (Å²) in [6, 6.07) is 2.18. The van der Waals surface area contributed by atoms with Gasteiger partial charge in [0.2, 0.25) is 0 Å². The van der Waals surface area contributed by atoms with E-state index < -0.39 is 10.0 Å². The zero-order valence-electron chi connectivity index (χ0n) is 11.8. The first kappa shape index (κ1) is 14.2. The van der Waals surface area contributed by atoms with Crippen LogP contribution in [0.5, 0.6) is 0 Å². The monoisotopic (exact) mass is 309 g/mol. The molecule has 0 bridgehead atoms. The van der Waals surface area contributed by atoms with Crippen LogP contribution < -0.4 is 10.0 Å². The number of anilines is 1. The van der Waals surface area contributed by atoms with Crippen LogP contribution in [0.1, 0.15) is 31.5 Å². The molecule has 0 aliphatic heterocycles. The van der Waals surface area contributed by atoms with Crippen LogP contribution >= 0.6 is 0 Å². The summed E-state index contributed by atoms with van der Waals surface area (Å²) in [4.78, 5) is 0.295. The van der Waals surface area contributed by atoms with Crippen molar-refractivity contribution in [2.45, 2.75) is 37.2 Å². The molecule has 0 atom stereocenters. The molecule has 0 amide bonds. The van der Waals surface area contributed by atoms with Crippen molar-refractivity contribution in [1.82, 2.24) is 20.1 Å². The number of nitrogens with one attached hydrogen (secondary N) is 3.